The van der Waals surface area contributed by atoms with Crippen molar-refractivity contribution in [3.8, 4) is 5.75 Å². The summed E-state index contributed by atoms with van der Waals surface area (Å²) in [6.45, 7) is 3.34. The predicted molar refractivity (Wildman–Crippen MR) is 75.1 cm³/mol. The molecule has 0 aromatic heterocycles. The minimum atomic E-state index is -0.356. The molecule has 0 aliphatic rings. The number of thioether (sulfide) groups is 1. The van der Waals surface area contributed by atoms with Crippen LogP contribution in [0.1, 0.15) is 19.4 Å². The summed E-state index contributed by atoms with van der Waals surface area (Å²) >= 11 is 1.42. The zero-order chi connectivity index (χ0) is 13.4. The molecule has 0 aliphatic carbocycles. The first kappa shape index (κ1) is 14.2. The summed E-state index contributed by atoms with van der Waals surface area (Å²) in [6.07, 6.45) is 1.55. The summed E-state index contributed by atoms with van der Waals surface area (Å²) in [5.41, 5.74) is 6.36. The molecule has 1 aromatic carbocycles. The summed E-state index contributed by atoms with van der Waals surface area (Å²) in [7, 11) is 0. The fourth-order valence-corrected chi connectivity index (χ4v) is 1.55. The van der Waals surface area contributed by atoms with Crippen molar-refractivity contribution >= 4 is 29.1 Å². The number of ether oxygens (including phenoxy) is 1. The van der Waals surface area contributed by atoms with Gasteiger partial charge in [-0.1, -0.05) is 30.8 Å². The molecule has 0 atom stereocenters. The zero-order valence-corrected chi connectivity index (χ0v) is 11.1. The maximum atomic E-state index is 10.8. The predicted octanol–water partition coefficient (Wildman–Crippen LogP) is 2.01. The quantitative estimate of drug-likeness (QED) is 0.297. The van der Waals surface area contributed by atoms with Crippen molar-refractivity contribution < 1.29 is 9.53 Å². The van der Waals surface area contributed by atoms with Crippen LogP contribution >= 0.6 is 11.8 Å². The highest BCUT2D eigenvalue weighted by Crippen LogP contribution is 2.12. The van der Waals surface area contributed by atoms with Gasteiger partial charge in [0.25, 0.3) is 0 Å². The van der Waals surface area contributed by atoms with E-state index in [1.165, 1.54) is 18.7 Å². The number of nitrogens with zero attached hydrogens (tertiary/aromatic N) is 2. The molecule has 0 radical (unpaired) electrons. The highest BCUT2D eigenvalue weighted by atomic mass is 32.2. The number of benzene rings is 1. The van der Waals surface area contributed by atoms with Crippen LogP contribution < -0.4 is 10.5 Å². The molecule has 1 aromatic rings. The normalized spacial score (nSPS) is 11.8. The molecule has 96 valence electrons. The van der Waals surface area contributed by atoms with E-state index in [9.17, 15) is 4.79 Å². The van der Waals surface area contributed by atoms with Crippen LogP contribution in [0, 0.1) is 0 Å². The van der Waals surface area contributed by atoms with Crippen LogP contribution in [-0.4, -0.2) is 23.1 Å². The van der Waals surface area contributed by atoms with Crippen molar-refractivity contribution in [2.75, 3.05) is 5.75 Å². The molecule has 18 heavy (non-hydrogen) atoms. The van der Waals surface area contributed by atoms with Gasteiger partial charge in [0.1, 0.15) is 5.75 Å². The Morgan fingerprint density at radius 1 is 1.56 bits per heavy atom. The molecule has 0 unspecified atom stereocenters. The Bertz CT molecular complexity index is 472. The van der Waals surface area contributed by atoms with Crippen LogP contribution in [0.3, 0.4) is 0 Å². The SMILES string of the molecule is CCS/C(N)=N/N=C\c1cccc(OC(C)=O)c1. The second-order valence-electron chi connectivity index (χ2n) is 3.28. The van der Waals surface area contributed by atoms with Crippen molar-refractivity contribution in [3.05, 3.63) is 29.8 Å². The van der Waals surface area contributed by atoms with Gasteiger partial charge in [0.05, 0.1) is 6.21 Å². The Balaban J connectivity index is 2.70. The third-order valence-electron chi connectivity index (χ3n) is 1.77. The highest BCUT2D eigenvalue weighted by Gasteiger charge is 1.98. The largest absolute Gasteiger partial charge is 0.427 e. The summed E-state index contributed by atoms with van der Waals surface area (Å²) in [5, 5.41) is 8.10. The van der Waals surface area contributed by atoms with Crippen LogP contribution in [0.2, 0.25) is 0 Å². The molecular formula is C12H15N3O2S. The number of rotatable bonds is 4. The van der Waals surface area contributed by atoms with Gasteiger partial charge in [0, 0.05) is 6.92 Å². The van der Waals surface area contributed by atoms with Gasteiger partial charge in [-0.3, -0.25) is 4.79 Å². The molecule has 0 fully saturated rings. The maximum Gasteiger partial charge on any atom is 0.308 e. The van der Waals surface area contributed by atoms with Gasteiger partial charge in [-0.25, -0.2) is 0 Å². The van der Waals surface area contributed by atoms with E-state index in [-0.39, 0.29) is 5.97 Å². The Morgan fingerprint density at radius 3 is 3.00 bits per heavy atom. The molecule has 0 saturated heterocycles. The van der Waals surface area contributed by atoms with Crippen LogP contribution in [-0.2, 0) is 4.79 Å². The van der Waals surface area contributed by atoms with Gasteiger partial charge in [-0.2, -0.15) is 5.10 Å². The van der Waals surface area contributed by atoms with Crippen molar-refractivity contribution in [2.24, 2.45) is 15.9 Å². The molecule has 1 rings (SSSR count). The first-order valence-corrected chi connectivity index (χ1v) is 6.38. The van der Waals surface area contributed by atoms with Crippen LogP contribution in [0.5, 0.6) is 5.75 Å². The number of hydrogen-bond donors (Lipinski definition) is 1. The second kappa shape index (κ2) is 7.50. The fraction of sp³-hybridized carbons (Fsp3) is 0.250. The number of esters is 1. The summed E-state index contributed by atoms with van der Waals surface area (Å²) < 4.78 is 4.96. The molecule has 0 spiro atoms. The molecule has 0 saturated carbocycles. The van der Waals surface area contributed by atoms with Gasteiger partial charge in [-0.05, 0) is 23.4 Å². The Morgan fingerprint density at radius 2 is 2.33 bits per heavy atom. The Labute approximate surface area is 110 Å². The number of amidine groups is 1. The van der Waals surface area contributed by atoms with Crippen molar-refractivity contribution in [1.29, 1.82) is 0 Å². The van der Waals surface area contributed by atoms with Crippen LogP contribution in [0.4, 0.5) is 0 Å². The van der Waals surface area contributed by atoms with Crippen LogP contribution in [0.15, 0.2) is 34.5 Å². The smallest absolute Gasteiger partial charge is 0.308 e. The summed E-state index contributed by atoms with van der Waals surface area (Å²) in [6, 6.07) is 7.00. The van der Waals surface area contributed by atoms with E-state index in [4.69, 9.17) is 10.5 Å². The van der Waals surface area contributed by atoms with Crippen molar-refractivity contribution in [3.63, 3.8) is 0 Å². The summed E-state index contributed by atoms with van der Waals surface area (Å²) in [5.74, 6) is 0.976. The van der Waals surface area contributed by atoms with E-state index in [0.717, 1.165) is 11.3 Å². The highest BCUT2D eigenvalue weighted by molar-refractivity contribution is 8.13. The third kappa shape index (κ3) is 5.49. The van der Waals surface area contributed by atoms with Crippen LogP contribution in [0.25, 0.3) is 0 Å². The van der Waals surface area contributed by atoms with E-state index in [1.807, 2.05) is 13.0 Å². The molecule has 0 bridgehead atoms. The molecule has 5 nitrogen and oxygen atoms in total. The number of carbonyl (C=O) groups is 1. The van der Waals surface area contributed by atoms with Gasteiger partial charge in [0.15, 0.2) is 5.17 Å². The Hall–Kier alpha value is -1.82. The number of hydrogen-bond acceptors (Lipinski definition) is 5. The monoisotopic (exact) mass is 265 g/mol. The van der Waals surface area contributed by atoms with Gasteiger partial charge < -0.3 is 10.5 Å². The molecule has 0 amide bonds. The van der Waals surface area contributed by atoms with Gasteiger partial charge in [0.2, 0.25) is 0 Å². The minimum absolute atomic E-state index is 0.356. The average Bonchev–Trinajstić information content (AvgIpc) is 2.29. The Kier molecular flexibility index (Phi) is 5.93. The number of carbonyl (C=O) groups excluding carboxylic acids is 1. The lowest BCUT2D eigenvalue weighted by Gasteiger charge is -2.00. The van der Waals surface area contributed by atoms with Gasteiger partial charge >= 0.3 is 5.97 Å². The third-order valence-corrected chi connectivity index (χ3v) is 2.44. The maximum absolute atomic E-state index is 10.8. The first-order chi connectivity index (χ1) is 8.61. The van der Waals surface area contributed by atoms with Crippen molar-refractivity contribution in [2.45, 2.75) is 13.8 Å². The molecule has 6 heteroatoms. The molecular weight excluding hydrogens is 250 g/mol. The lowest BCUT2D eigenvalue weighted by molar-refractivity contribution is -0.131. The number of nitrogens with two attached hydrogens (primary N) is 1. The molecule has 2 N–H and O–H groups in total. The standard InChI is InChI=1S/C12H15N3O2S/c1-3-18-12(13)15-14-8-10-5-4-6-11(7-10)17-9(2)16/h4-8H,3H2,1-2H3,(H2,13,15)/b14-8-. The molecule has 0 heterocycles. The molecule has 0 aliphatic heterocycles. The zero-order valence-electron chi connectivity index (χ0n) is 10.3. The minimum Gasteiger partial charge on any atom is -0.427 e. The van der Waals surface area contributed by atoms with E-state index in [1.54, 1.807) is 24.4 Å². The lowest BCUT2D eigenvalue weighted by atomic mass is 10.2. The van der Waals surface area contributed by atoms with E-state index >= 15 is 0 Å². The second-order valence-corrected chi connectivity index (χ2v) is 4.57. The average molecular weight is 265 g/mol. The van der Waals surface area contributed by atoms with E-state index in [0.29, 0.717) is 10.9 Å². The van der Waals surface area contributed by atoms with Crippen molar-refractivity contribution in [1.82, 2.24) is 0 Å². The van der Waals surface area contributed by atoms with E-state index in [2.05, 4.69) is 10.2 Å². The van der Waals surface area contributed by atoms with E-state index < -0.39 is 0 Å². The first-order valence-electron chi connectivity index (χ1n) is 5.39. The van der Waals surface area contributed by atoms with Gasteiger partial charge in [-0.15, -0.1) is 5.10 Å². The topological polar surface area (TPSA) is 77.0 Å². The lowest BCUT2D eigenvalue weighted by Crippen LogP contribution is -2.05. The summed E-state index contributed by atoms with van der Waals surface area (Å²) in [4.78, 5) is 10.8. The fourth-order valence-electron chi connectivity index (χ4n) is 1.15.